The van der Waals surface area contributed by atoms with Crippen LogP contribution in [0.1, 0.15) is 44.4 Å². The van der Waals surface area contributed by atoms with Crippen molar-refractivity contribution in [1.29, 1.82) is 0 Å². The predicted molar refractivity (Wildman–Crippen MR) is 158 cm³/mol. The number of nitrogens with zero attached hydrogens (tertiary/aromatic N) is 2. The van der Waals surface area contributed by atoms with Crippen molar-refractivity contribution in [3.63, 3.8) is 0 Å². The zero-order valence-corrected chi connectivity index (χ0v) is 24.8. The molecule has 8 nitrogen and oxygen atoms in total. The van der Waals surface area contributed by atoms with Gasteiger partial charge in [0.05, 0.1) is 28.1 Å². The molecule has 10 heteroatoms. The van der Waals surface area contributed by atoms with Crippen molar-refractivity contribution in [2.75, 3.05) is 20.1 Å². The molecular formula is C30H38ClN3O5S. The third kappa shape index (κ3) is 9.38. The van der Waals surface area contributed by atoms with Crippen molar-refractivity contribution in [2.45, 2.75) is 62.5 Å². The van der Waals surface area contributed by atoms with E-state index in [2.05, 4.69) is 36.3 Å². The number of halogens is 1. The van der Waals surface area contributed by atoms with Gasteiger partial charge in [0.1, 0.15) is 0 Å². The maximum Gasteiger partial charge on any atom is 0.303 e. The van der Waals surface area contributed by atoms with Gasteiger partial charge in [-0.05, 0) is 69.0 Å². The quantitative estimate of drug-likeness (QED) is 0.234. The summed E-state index contributed by atoms with van der Waals surface area (Å²) >= 11 is 6.46. The number of aliphatic hydroxyl groups excluding tert-OH is 1. The van der Waals surface area contributed by atoms with Gasteiger partial charge in [-0.3, -0.25) is 9.78 Å². The fourth-order valence-electron chi connectivity index (χ4n) is 4.37. The Bertz CT molecular complexity index is 1380. The number of rotatable bonds is 15. The molecule has 0 radical (unpaired) electrons. The Morgan fingerprint density at radius 2 is 1.80 bits per heavy atom. The number of aryl methyl sites for hydroxylation is 2. The Morgan fingerprint density at radius 3 is 2.48 bits per heavy atom. The second-order valence-corrected chi connectivity index (χ2v) is 13.0. The van der Waals surface area contributed by atoms with Crippen LogP contribution in [0.15, 0.2) is 71.6 Å². The van der Waals surface area contributed by atoms with Crippen molar-refractivity contribution in [1.82, 2.24) is 14.6 Å². The molecule has 0 aliphatic carbocycles. The van der Waals surface area contributed by atoms with E-state index in [1.807, 2.05) is 18.2 Å². The first-order valence-corrected chi connectivity index (χ1v) is 15.1. The van der Waals surface area contributed by atoms with E-state index in [4.69, 9.17) is 16.7 Å². The molecule has 0 bridgehead atoms. The van der Waals surface area contributed by atoms with Crippen LogP contribution >= 0.6 is 11.6 Å². The summed E-state index contributed by atoms with van der Waals surface area (Å²) in [4.78, 5) is 15.3. The smallest absolute Gasteiger partial charge is 0.303 e. The SMILES string of the molecule is CN(C[C@H](O)CNC(C)(C)CCCc1ccccc1)S(=O)(=O)c1ccc(-c2cccc(CCC(=O)O)n2)c(Cl)c1. The van der Waals surface area contributed by atoms with Gasteiger partial charge < -0.3 is 15.5 Å². The number of likely N-dealkylation sites (N-methyl/N-ethyl adjacent to an activating group) is 1. The maximum atomic E-state index is 13.2. The number of pyridine rings is 1. The number of aliphatic carboxylic acids is 1. The highest BCUT2D eigenvalue weighted by Crippen LogP contribution is 2.30. The molecule has 3 rings (SSSR count). The van der Waals surface area contributed by atoms with E-state index in [-0.39, 0.29) is 41.4 Å². The molecule has 2 aromatic carbocycles. The average molecular weight is 588 g/mol. The molecule has 40 heavy (non-hydrogen) atoms. The van der Waals surface area contributed by atoms with Crippen molar-refractivity contribution >= 4 is 27.6 Å². The lowest BCUT2D eigenvalue weighted by molar-refractivity contribution is -0.136. The minimum absolute atomic E-state index is 0.00665. The first-order chi connectivity index (χ1) is 18.9. The Morgan fingerprint density at radius 1 is 1.07 bits per heavy atom. The highest BCUT2D eigenvalue weighted by atomic mass is 35.5. The van der Waals surface area contributed by atoms with Crippen LogP contribution in [0.5, 0.6) is 0 Å². The molecule has 3 N–H and O–H groups in total. The highest BCUT2D eigenvalue weighted by molar-refractivity contribution is 7.89. The Labute approximate surface area is 242 Å². The van der Waals surface area contributed by atoms with Gasteiger partial charge in [0, 0.05) is 43.4 Å². The van der Waals surface area contributed by atoms with Crippen molar-refractivity contribution in [3.8, 4) is 11.3 Å². The van der Waals surface area contributed by atoms with Crippen LogP contribution in [0.2, 0.25) is 5.02 Å². The lowest BCUT2D eigenvalue weighted by Crippen LogP contribution is -2.46. The minimum atomic E-state index is -3.90. The van der Waals surface area contributed by atoms with Crippen LogP contribution in [0.4, 0.5) is 0 Å². The topological polar surface area (TPSA) is 120 Å². The minimum Gasteiger partial charge on any atom is -0.481 e. The molecular weight excluding hydrogens is 550 g/mol. The number of aromatic nitrogens is 1. The Kier molecular flexibility index (Phi) is 11.2. The molecule has 0 fully saturated rings. The van der Waals surface area contributed by atoms with Gasteiger partial charge in [0.2, 0.25) is 10.0 Å². The summed E-state index contributed by atoms with van der Waals surface area (Å²) in [6.07, 6.45) is 2.21. The highest BCUT2D eigenvalue weighted by Gasteiger charge is 2.25. The number of β-amino-alcohol motifs (C(OH)–C–C–N with tert-alkyl or cyclic N) is 1. The van der Waals surface area contributed by atoms with E-state index < -0.39 is 22.1 Å². The van der Waals surface area contributed by atoms with Gasteiger partial charge in [0.25, 0.3) is 0 Å². The summed E-state index contributed by atoms with van der Waals surface area (Å²) < 4.78 is 27.5. The zero-order chi connectivity index (χ0) is 29.3. The fourth-order valence-corrected chi connectivity index (χ4v) is 5.95. The van der Waals surface area contributed by atoms with Crippen molar-refractivity contribution in [3.05, 3.63) is 83.0 Å². The number of carboxylic acids is 1. The molecule has 0 aliphatic rings. The number of carboxylic acid groups (broad SMARTS) is 1. The maximum absolute atomic E-state index is 13.2. The summed E-state index contributed by atoms with van der Waals surface area (Å²) in [5.74, 6) is -0.910. The Hall–Kier alpha value is -2.82. The predicted octanol–water partition coefficient (Wildman–Crippen LogP) is 4.79. The van der Waals surface area contributed by atoms with Crippen LogP contribution in [0, 0.1) is 0 Å². The number of nitrogens with one attached hydrogen (secondary N) is 1. The van der Waals surface area contributed by atoms with Crippen molar-refractivity contribution < 1.29 is 23.4 Å². The van der Waals surface area contributed by atoms with Crippen LogP contribution in [-0.2, 0) is 27.7 Å². The fraction of sp³-hybridized carbons (Fsp3) is 0.400. The summed E-state index contributed by atoms with van der Waals surface area (Å²) in [5, 5.41) is 23.1. The molecule has 1 aromatic heterocycles. The van der Waals surface area contributed by atoms with E-state index >= 15 is 0 Å². The van der Waals surface area contributed by atoms with Crippen LogP contribution in [0.25, 0.3) is 11.3 Å². The van der Waals surface area contributed by atoms with E-state index in [0.717, 1.165) is 23.6 Å². The number of aliphatic hydroxyl groups is 1. The second kappa shape index (κ2) is 14.2. The second-order valence-electron chi connectivity index (χ2n) is 10.6. The zero-order valence-electron chi connectivity index (χ0n) is 23.2. The van der Waals surface area contributed by atoms with E-state index in [1.165, 1.54) is 24.7 Å². The molecule has 0 saturated carbocycles. The lowest BCUT2D eigenvalue weighted by Gasteiger charge is -2.29. The normalized spacial score (nSPS) is 12.9. The van der Waals surface area contributed by atoms with Gasteiger partial charge in [-0.1, -0.05) is 48.0 Å². The van der Waals surface area contributed by atoms with Crippen LogP contribution in [0.3, 0.4) is 0 Å². The molecule has 1 atom stereocenters. The third-order valence-electron chi connectivity index (χ3n) is 6.72. The summed E-state index contributed by atoms with van der Waals surface area (Å²) in [7, 11) is -2.48. The van der Waals surface area contributed by atoms with Crippen LogP contribution in [-0.4, -0.2) is 65.7 Å². The third-order valence-corrected chi connectivity index (χ3v) is 8.85. The monoisotopic (exact) mass is 587 g/mol. The molecule has 0 unspecified atom stereocenters. The standard InChI is InChI=1S/C30H38ClN3O5S/c1-30(2,18-8-11-22-9-5-4-6-10-22)32-20-24(35)21-34(3)40(38,39)25-15-16-26(27(31)19-25)28-13-7-12-23(33-28)14-17-29(36)37/h4-7,9-10,12-13,15-16,19,24,32,35H,8,11,14,17-18,20-21H2,1-3H3,(H,36,37)/t24-/m1/s1. The molecule has 1 heterocycles. The van der Waals surface area contributed by atoms with Gasteiger partial charge in [-0.15, -0.1) is 0 Å². The number of hydrogen-bond acceptors (Lipinski definition) is 6. The average Bonchev–Trinajstić information content (AvgIpc) is 2.91. The molecule has 3 aromatic rings. The number of hydrogen-bond donors (Lipinski definition) is 3. The molecule has 216 valence electrons. The van der Waals surface area contributed by atoms with E-state index in [0.29, 0.717) is 17.0 Å². The summed E-state index contributed by atoms with van der Waals surface area (Å²) in [6.45, 7) is 4.32. The summed E-state index contributed by atoms with van der Waals surface area (Å²) in [5.41, 5.74) is 2.75. The lowest BCUT2D eigenvalue weighted by atomic mass is 9.95. The van der Waals surface area contributed by atoms with E-state index in [1.54, 1.807) is 24.3 Å². The van der Waals surface area contributed by atoms with Gasteiger partial charge in [-0.25, -0.2) is 8.42 Å². The molecule has 0 saturated heterocycles. The van der Waals surface area contributed by atoms with Gasteiger partial charge in [0.15, 0.2) is 0 Å². The molecule has 0 aliphatic heterocycles. The number of carbonyl (C=O) groups is 1. The van der Waals surface area contributed by atoms with E-state index in [9.17, 15) is 18.3 Å². The first-order valence-electron chi connectivity index (χ1n) is 13.3. The van der Waals surface area contributed by atoms with Crippen LogP contribution < -0.4 is 5.32 Å². The van der Waals surface area contributed by atoms with Gasteiger partial charge in [-0.2, -0.15) is 4.31 Å². The largest absolute Gasteiger partial charge is 0.481 e. The van der Waals surface area contributed by atoms with Gasteiger partial charge >= 0.3 is 5.97 Å². The molecule has 0 amide bonds. The number of sulfonamides is 1. The molecule has 0 spiro atoms. The summed E-state index contributed by atoms with van der Waals surface area (Å²) in [6, 6.07) is 19.9. The number of benzene rings is 2. The first kappa shape index (κ1) is 31.7. The Balaban J connectivity index is 1.57. The van der Waals surface area contributed by atoms with Crippen molar-refractivity contribution in [2.24, 2.45) is 0 Å².